The van der Waals surface area contributed by atoms with Gasteiger partial charge in [-0.1, -0.05) is 6.07 Å². The topological polar surface area (TPSA) is 103 Å². The summed E-state index contributed by atoms with van der Waals surface area (Å²) in [5.41, 5.74) is 4.03. The summed E-state index contributed by atoms with van der Waals surface area (Å²) in [7, 11) is 0. The van der Waals surface area contributed by atoms with E-state index in [1.54, 1.807) is 19.3 Å². The smallest absolute Gasteiger partial charge is 0.254 e. The number of carbonyl (C=O) groups excluding carboxylic acids is 1. The van der Waals surface area contributed by atoms with Gasteiger partial charge in [0.2, 0.25) is 0 Å². The molecule has 1 unspecified atom stereocenters. The summed E-state index contributed by atoms with van der Waals surface area (Å²) in [6.07, 6.45) is 5.24. The third kappa shape index (κ3) is 4.43. The van der Waals surface area contributed by atoms with E-state index in [1.807, 2.05) is 38.2 Å². The summed E-state index contributed by atoms with van der Waals surface area (Å²) < 4.78 is 0. The normalized spacial score (nSPS) is 12.3. The van der Waals surface area contributed by atoms with Gasteiger partial charge in [0.15, 0.2) is 0 Å². The molecule has 0 radical (unpaired) electrons. The van der Waals surface area contributed by atoms with E-state index in [-0.39, 0.29) is 11.9 Å². The highest BCUT2D eigenvalue weighted by Crippen LogP contribution is 2.30. The Kier molecular flexibility index (Phi) is 5.71. The number of aliphatic hydroxyl groups is 1. The van der Waals surface area contributed by atoms with Gasteiger partial charge in [0.25, 0.3) is 5.91 Å². The second-order valence-corrected chi connectivity index (χ2v) is 6.96. The minimum absolute atomic E-state index is 0.150. The molecule has 2 heterocycles. The third-order valence-electron chi connectivity index (χ3n) is 4.22. The number of aromatic nitrogens is 3. The molecule has 2 aromatic heterocycles. The van der Waals surface area contributed by atoms with Crippen LogP contribution in [0.3, 0.4) is 0 Å². The number of aliphatic hydroxyl groups excluding tert-OH is 1. The highest BCUT2D eigenvalue weighted by molar-refractivity contribution is 6.07. The molecule has 0 spiro atoms. The molecule has 0 fully saturated rings. The zero-order valence-corrected chi connectivity index (χ0v) is 15.8. The average molecular weight is 367 g/mol. The van der Waals surface area contributed by atoms with E-state index in [0.717, 1.165) is 27.7 Å². The lowest BCUT2D eigenvalue weighted by molar-refractivity contribution is 0.0946. The Bertz CT molecular complexity index is 920. The predicted octanol–water partition coefficient (Wildman–Crippen LogP) is 2.95. The molecule has 0 saturated carbocycles. The molecule has 0 saturated heterocycles. The van der Waals surface area contributed by atoms with Crippen LogP contribution in [-0.2, 0) is 0 Å². The molecular weight excluding hydrogens is 342 g/mol. The quantitative estimate of drug-likeness (QED) is 0.514. The van der Waals surface area contributed by atoms with Crippen molar-refractivity contribution in [3.8, 4) is 11.1 Å². The van der Waals surface area contributed by atoms with Crippen LogP contribution in [0, 0.1) is 0 Å². The molecule has 4 N–H and O–H groups in total. The maximum atomic E-state index is 12.7. The van der Waals surface area contributed by atoms with E-state index >= 15 is 0 Å². The van der Waals surface area contributed by atoms with Crippen molar-refractivity contribution in [2.24, 2.45) is 0 Å². The number of pyridine rings is 1. The van der Waals surface area contributed by atoms with Gasteiger partial charge >= 0.3 is 0 Å². The van der Waals surface area contributed by atoms with Crippen molar-refractivity contribution in [2.75, 3.05) is 11.9 Å². The minimum atomic E-state index is -0.453. The monoisotopic (exact) mass is 367 g/mol. The van der Waals surface area contributed by atoms with Crippen LogP contribution in [0.25, 0.3) is 22.0 Å². The first-order valence-electron chi connectivity index (χ1n) is 9.10. The van der Waals surface area contributed by atoms with E-state index in [9.17, 15) is 9.90 Å². The van der Waals surface area contributed by atoms with Crippen LogP contribution >= 0.6 is 0 Å². The van der Waals surface area contributed by atoms with Crippen molar-refractivity contribution in [1.82, 2.24) is 20.5 Å². The fourth-order valence-corrected chi connectivity index (χ4v) is 2.89. The van der Waals surface area contributed by atoms with Gasteiger partial charge in [-0.15, -0.1) is 0 Å². The number of nitrogens with zero attached hydrogens (tertiary/aromatic N) is 2. The molecule has 1 atom stereocenters. The van der Waals surface area contributed by atoms with Crippen molar-refractivity contribution in [2.45, 2.75) is 39.3 Å². The Labute approximate surface area is 158 Å². The van der Waals surface area contributed by atoms with Gasteiger partial charge in [-0.25, -0.2) is 0 Å². The lowest BCUT2D eigenvalue weighted by Gasteiger charge is -2.17. The fourth-order valence-electron chi connectivity index (χ4n) is 2.89. The van der Waals surface area contributed by atoms with Gasteiger partial charge in [0, 0.05) is 35.9 Å². The fraction of sp³-hybridized carbons (Fsp3) is 0.350. The number of H-pyrrole nitrogens is 1. The van der Waals surface area contributed by atoms with Crippen molar-refractivity contribution >= 4 is 22.5 Å². The maximum Gasteiger partial charge on any atom is 0.254 e. The van der Waals surface area contributed by atoms with Crippen LogP contribution in [0.2, 0.25) is 0 Å². The molecule has 0 aliphatic heterocycles. The second-order valence-electron chi connectivity index (χ2n) is 6.96. The molecule has 0 aliphatic carbocycles. The highest BCUT2D eigenvalue weighted by Gasteiger charge is 2.17. The van der Waals surface area contributed by atoms with Crippen molar-refractivity contribution < 1.29 is 9.90 Å². The summed E-state index contributed by atoms with van der Waals surface area (Å²) in [6.45, 7) is 6.17. The SMILES string of the molecule is CC(O)CCNC(=O)c1cnc2ccc(-c3cn[nH]c3)cc2c1NC(C)C. The molecular formula is C20H25N5O2. The zero-order chi connectivity index (χ0) is 19.4. The molecule has 0 bridgehead atoms. The van der Waals surface area contributed by atoms with Crippen molar-refractivity contribution in [1.29, 1.82) is 0 Å². The van der Waals surface area contributed by atoms with Crippen LogP contribution in [0.4, 0.5) is 5.69 Å². The van der Waals surface area contributed by atoms with E-state index in [2.05, 4.69) is 25.8 Å². The standard InChI is InChI=1S/C20H25N5O2/c1-12(2)25-19-16-8-14(15-9-23-24-10-15)4-5-18(16)22-11-17(19)20(27)21-7-6-13(3)26/h4-5,8-13,26H,6-7H2,1-3H3,(H,21,27)(H,22,25)(H,23,24). The number of anilines is 1. The Morgan fingerprint density at radius 1 is 1.22 bits per heavy atom. The Balaban J connectivity index is 2.03. The molecule has 1 amide bonds. The average Bonchev–Trinajstić information content (AvgIpc) is 3.15. The van der Waals surface area contributed by atoms with E-state index < -0.39 is 6.10 Å². The molecule has 142 valence electrons. The van der Waals surface area contributed by atoms with Gasteiger partial charge in [-0.05, 0) is 44.9 Å². The summed E-state index contributed by atoms with van der Waals surface area (Å²) in [4.78, 5) is 17.2. The minimum Gasteiger partial charge on any atom is -0.393 e. The number of carbonyl (C=O) groups is 1. The Morgan fingerprint density at radius 3 is 2.70 bits per heavy atom. The molecule has 27 heavy (non-hydrogen) atoms. The molecule has 7 nitrogen and oxygen atoms in total. The summed E-state index contributed by atoms with van der Waals surface area (Å²) in [6, 6.07) is 6.10. The number of benzene rings is 1. The largest absolute Gasteiger partial charge is 0.393 e. The van der Waals surface area contributed by atoms with Crippen LogP contribution in [-0.4, -0.2) is 44.9 Å². The first-order valence-corrected chi connectivity index (χ1v) is 9.10. The second kappa shape index (κ2) is 8.18. The highest BCUT2D eigenvalue weighted by atomic mass is 16.3. The third-order valence-corrected chi connectivity index (χ3v) is 4.22. The number of fused-ring (bicyclic) bond motifs is 1. The summed E-state index contributed by atoms with van der Waals surface area (Å²) in [5.74, 6) is -0.207. The number of hydrogen-bond donors (Lipinski definition) is 4. The molecule has 7 heteroatoms. The molecule has 3 rings (SSSR count). The maximum absolute atomic E-state index is 12.7. The van der Waals surface area contributed by atoms with Gasteiger partial charge in [0.05, 0.1) is 29.1 Å². The summed E-state index contributed by atoms with van der Waals surface area (Å²) in [5, 5.41) is 23.3. The predicted molar refractivity (Wildman–Crippen MR) is 107 cm³/mol. The van der Waals surface area contributed by atoms with Crippen LogP contribution < -0.4 is 10.6 Å². The lowest BCUT2D eigenvalue weighted by Crippen LogP contribution is -2.28. The number of hydrogen-bond acceptors (Lipinski definition) is 5. The number of rotatable bonds is 7. The molecule has 3 aromatic rings. The first-order chi connectivity index (χ1) is 13.0. The van der Waals surface area contributed by atoms with E-state index in [0.29, 0.717) is 18.5 Å². The lowest BCUT2D eigenvalue weighted by atomic mass is 10.0. The molecule has 1 aromatic carbocycles. The Morgan fingerprint density at radius 2 is 2.04 bits per heavy atom. The molecule has 0 aliphatic rings. The first kappa shape index (κ1) is 18.8. The zero-order valence-electron chi connectivity index (χ0n) is 15.8. The Hall–Kier alpha value is -2.93. The number of aromatic amines is 1. The van der Waals surface area contributed by atoms with Crippen LogP contribution in [0.1, 0.15) is 37.6 Å². The van der Waals surface area contributed by atoms with Crippen LogP contribution in [0.15, 0.2) is 36.8 Å². The van der Waals surface area contributed by atoms with Gasteiger partial charge in [-0.2, -0.15) is 5.10 Å². The number of amides is 1. The van der Waals surface area contributed by atoms with Crippen molar-refractivity contribution in [3.05, 3.63) is 42.4 Å². The summed E-state index contributed by atoms with van der Waals surface area (Å²) >= 11 is 0. The van der Waals surface area contributed by atoms with Gasteiger partial charge in [-0.3, -0.25) is 14.9 Å². The van der Waals surface area contributed by atoms with E-state index in [1.165, 1.54) is 0 Å². The number of nitrogens with one attached hydrogen (secondary N) is 3. The van der Waals surface area contributed by atoms with Crippen molar-refractivity contribution in [3.63, 3.8) is 0 Å². The van der Waals surface area contributed by atoms with E-state index in [4.69, 9.17) is 0 Å². The van der Waals surface area contributed by atoms with Gasteiger partial charge in [0.1, 0.15) is 0 Å². The van der Waals surface area contributed by atoms with Gasteiger partial charge < -0.3 is 15.7 Å². The van der Waals surface area contributed by atoms with Crippen LogP contribution in [0.5, 0.6) is 0 Å².